The van der Waals surface area contributed by atoms with Crippen LogP contribution in [0.2, 0.25) is 0 Å². The van der Waals surface area contributed by atoms with Crippen molar-refractivity contribution in [2.75, 3.05) is 6.61 Å². The summed E-state index contributed by atoms with van der Waals surface area (Å²) in [5.41, 5.74) is 2.78. The molecular weight excluding hydrogens is 244 g/mol. The van der Waals surface area contributed by atoms with Gasteiger partial charge in [0, 0.05) is 11.0 Å². The quantitative estimate of drug-likeness (QED) is 0.618. The van der Waals surface area contributed by atoms with E-state index in [0.717, 1.165) is 25.0 Å². The third-order valence-corrected chi connectivity index (χ3v) is 4.29. The molecule has 0 saturated heterocycles. The van der Waals surface area contributed by atoms with Crippen molar-refractivity contribution in [2.24, 2.45) is 0 Å². The van der Waals surface area contributed by atoms with Gasteiger partial charge in [-0.2, -0.15) is 0 Å². The fraction of sp³-hybridized carbons (Fsp3) is 0.368. The highest BCUT2D eigenvalue weighted by Crippen LogP contribution is 2.45. The zero-order chi connectivity index (χ0) is 14.4. The molecule has 0 bridgehead atoms. The van der Waals surface area contributed by atoms with Gasteiger partial charge in [-0.15, -0.1) is 0 Å². The third-order valence-electron chi connectivity index (χ3n) is 4.29. The Bertz CT molecular complexity index is 518. The molecule has 20 heavy (non-hydrogen) atoms. The molecule has 0 heterocycles. The lowest BCUT2D eigenvalue weighted by Crippen LogP contribution is -2.27. The Balaban J connectivity index is 2.49. The van der Waals surface area contributed by atoms with E-state index in [0.29, 0.717) is 6.61 Å². The molecule has 0 radical (unpaired) electrons. The summed E-state index contributed by atoms with van der Waals surface area (Å²) in [6, 6.07) is 8.42. The Morgan fingerprint density at radius 3 is 2.60 bits per heavy atom. The van der Waals surface area contributed by atoms with Gasteiger partial charge in [0.15, 0.2) is 0 Å². The number of ether oxygens (including phenoxy) is 1. The maximum Gasteiger partial charge on any atom is 0.123 e. The van der Waals surface area contributed by atoms with Crippen molar-refractivity contribution in [3.63, 3.8) is 0 Å². The summed E-state index contributed by atoms with van der Waals surface area (Å²) in [4.78, 5) is 0. The van der Waals surface area contributed by atoms with E-state index < -0.39 is 0 Å². The Hall–Kier alpha value is -1.76. The van der Waals surface area contributed by atoms with Crippen molar-refractivity contribution in [3.8, 4) is 5.75 Å². The second kappa shape index (κ2) is 6.60. The normalized spacial score (nSPS) is 14.2. The molecule has 0 fully saturated rings. The van der Waals surface area contributed by atoms with Crippen LogP contribution in [0.4, 0.5) is 0 Å². The van der Waals surface area contributed by atoms with Crippen LogP contribution in [0.1, 0.15) is 38.7 Å². The molecule has 1 aliphatic rings. The standard InChI is InChI=1S/C19H24O/c1-4-15-20-18-14-10-9-13-17(18)19(5-2,6-3)16-11-7-8-12-16/h4,7,9-14H,1,5-6,8,15H2,2-3H3. The molecule has 1 heteroatoms. The van der Waals surface area contributed by atoms with E-state index in [-0.39, 0.29) is 5.41 Å². The average molecular weight is 268 g/mol. The first-order valence-electron chi connectivity index (χ1n) is 7.49. The van der Waals surface area contributed by atoms with Crippen molar-refractivity contribution in [1.82, 2.24) is 0 Å². The van der Waals surface area contributed by atoms with Gasteiger partial charge in [-0.25, -0.2) is 0 Å². The maximum atomic E-state index is 5.89. The monoisotopic (exact) mass is 268 g/mol. The predicted octanol–water partition coefficient (Wildman–Crippen LogP) is 5.20. The summed E-state index contributed by atoms with van der Waals surface area (Å²) in [6.45, 7) is 8.82. The van der Waals surface area contributed by atoms with Gasteiger partial charge in [0.1, 0.15) is 12.4 Å². The maximum absolute atomic E-state index is 5.89. The topological polar surface area (TPSA) is 9.23 Å². The Morgan fingerprint density at radius 2 is 2.00 bits per heavy atom. The molecule has 0 amide bonds. The van der Waals surface area contributed by atoms with Crippen molar-refractivity contribution >= 4 is 0 Å². The lowest BCUT2D eigenvalue weighted by atomic mass is 9.70. The van der Waals surface area contributed by atoms with E-state index in [1.165, 1.54) is 11.1 Å². The van der Waals surface area contributed by atoms with Crippen molar-refractivity contribution in [2.45, 2.75) is 38.5 Å². The van der Waals surface area contributed by atoms with Crippen LogP contribution in [-0.4, -0.2) is 6.61 Å². The second-order valence-corrected chi connectivity index (χ2v) is 5.18. The fourth-order valence-electron chi connectivity index (χ4n) is 3.14. The first kappa shape index (κ1) is 14.6. The third kappa shape index (κ3) is 2.58. The number of hydrogen-bond donors (Lipinski definition) is 0. The van der Waals surface area contributed by atoms with Gasteiger partial charge in [-0.1, -0.05) is 62.9 Å². The highest BCUT2D eigenvalue weighted by atomic mass is 16.5. The highest BCUT2D eigenvalue weighted by Gasteiger charge is 2.34. The van der Waals surface area contributed by atoms with Gasteiger partial charge in [-0.05, 0) is 30.9 Å². The van der Waals surface area contributed by atoms with E-state index in [1.54, 1.807) is 6.08 Å². The van der Waals surface area contributed by atoms with Gasteiger partial charge in [0.2, 0.25) is 0 Å². The average Bonchev–Trinajstić information content (AvgIpc) is 3.03. The lowest BCUT2D eigenvalue weighted by Gasteiger charge is -2.34. The molecule has 106 valence electrons. The lowest BCUT2D eigenvalue weighted by molar-refractivity contribution is 0.344. The molecule has 2 rings (SSSR count). The summed E-state index contributed by atoms with van der Waals surface area (Å²) < 4.78 is 5.89. The number of rotatable bonds is 7. The molecule has 0 saturated carbocycles. The number of allylic oxidation sites excluding steroid dienone is 4. The van der Waals surface area contributed by atoms with Crippen LogP contribution in [0.15, 0.2) is 60.7 Å². The molecule has 0 aromatic heterocycles. The molecular formula is C19H24O. The summed E-state index contributed by atoms with van der Waals surface area (Å²) in [5.74, 6) is 0.984. The van der Waals surface area contributed by atoms with Gasteiger partial charge >= 0.3 is 0 Å². The van der Waals surface area contributed by atoms with Gasteiger partial charge < -0.3 is 4.74 Å². The smallest absolute Gasteiger partial charge is 0.123 e. The van der Waals surface area contributed by atoms with E-state index in [9.17, 15) is 0 Å². The summed E-state index contributed by atoms with van der Waals surface area (Å²) in [6.07, 6.45) is 11.9. The molecule has 0 atom stereocenters. The van der Waals surface area contributed by atoms with Gasteiger partial charge in [-0.3, -0.25) is 0 Å². The minimum atomic E-state index is 0.0603. The minimum absolute atomic E-state index is 0.0603. The van der Waals surface area contributed by atoms with Crippen LogP contribution in [0.3, 0.4) is 0 Å². The Labute approximate surface area is 122 Å². The SMILES string of the molecule is C=CCOc1ccccc1C(CC)(CC)C1=CCC=C1. The Kier molecular flexibility index (Phi) is 4.84. The van der Waals surface area contributed by atoms with Gasteiger partial charge in [0.05, 0.1) is 0 Å². The number of hydrogen-bond acceptors (Lipinski definition) is 1. The van der Waals surface area contributed by atoms with Crippen molar-refractivity contribution in [1.29, 1.82) is 0 Å². The molecule has 0 N–H and O–H groups in total. The first-order chi connectivity index (χ1) is 9.78. The molecule has 1 aromatic rings. The number of para-hydroxylation sites is 1. The van der Waals surface area contributed by atoms with E-state index in [2.05, 4.69) is 56.9 Å². The highest BCUT2D eigenvalue weighted by molar-refractivity contribution is 5.50. The van der Waals surface area contributed by atoms with E-state index in [1.807, 2.05) is 6.07 Å². The molecule has 0 aliphatic heterocycles. The zero-order valence-corrected chi connectivity index (χ0v) is 12.6. The predicted molar refractivity (Wildman–Crippen MR) is 86.2 cm³/mol. The van der Waals surface area contributed by atoms with Crippen molar-refractivity contribution < 1.29 is 4.74 Å². The van der Waals surface area contributed by atoms with Crippen LogP contribution >= 0.6 is 0 Å². The second-order valence-electron chi connectivity index (χ2n) is 5.18. The molecule has 0 spiro atoms. The van der Waals surface area contributed by atoms with Crippen molar-refractivity contribution in [3.05, 3.63) is 66.3 Å². The van der Waals surface area contributed by atoms with Crippen LogP contribution < -0.4 is 4.74 Å². The van der Waals surface area contributed by atoms with Gasteiger partial charge in [0.25, 0.3) is 0 Å². The molecule has 1 aliphatic carbocycles. The molecule has 1 nitrogen and oxygen atoms in total. The zero-order valence-electron chi connectivity index (χ0n) is 12.6. The van der Waals surface area contributed by atoms with E-state index >= 15 is 0 Å². The summed E-state index contributed by atoms with van der Waals surface area (Å²) in [7, 11) is 0. The summed E-state index contributed by atoms with van der Waals surface area (Å²) >= 11 is 0. The fourth-order valence-corrected chi connectivity index (χ4v) is 3.14. The Morgan fingerprint density at radius 1 is 1.25 bits per heavy atom. The van der Waals surface area contributed by atoms with Crippen LogP contribution in [0, 0.1) is 0 Å². The minimum Gasteiger partial charge on any atom is -0.489 e. The first-order valence-corrected chi connectivity index (χ1v) is 7.49. The molecule has 0 unspecified atom stereocenters. The summed E-state index contributed by atoms with van der Waals surface area (Å²) in [5, 5.41) is 0. The number of benzene rings is 1. The van der Waals surface area contributed by atoms with E-state index in [4.69, 9.17) is 4.74 Å². The van der Waals surface area contributed by atoms with Crippen LogP contribution in [-0.2, 0) is 5.41 Å². The largest absolute Gasteiger partial charge is 0.489 e. The molecule has 1 aromatic carbocycles. The van der Waals surface area contributed by atoms with Crippen LogP contribution in [0.5, 0.6) is 5.75 Å². The van der Waals surface area contributed by atoms with Crippen LogP contribution in [0.25, 0.3) is 0 Å².